The van der Waals surface area contributed by atoms with E-state index >= 15 is 0 Å². The monoisotopic (exact) mass is 347 g/mol. The Morgan fingerprint density at radius 3 is 2.43 bits per heavy atom. The lowest BCUT2D eigenvalue weighted by atomic mass is 10.1. The third kappa shape index (κ3) is 3.36. The van der Waals surface area contributed by atoms with Crippen molar-refractivity contribution in [3.8, 4) is 0 Å². The number of benzene rings is 2. The highest BCUT2D eigenvalue weighted by molar-refractivity contribution is 9.10. The average Bonchev–Trinajstić information content (AvgIpc) is 2.46. The fourth-order valence-electron chi connectivity index (χ4n) is 2.05. The number of carbonyl (C=O) groups is 1. The highest BCUT2D eigenvalue weighted by Crippen LogP contribution is 2.27. The molecule has 0 atom stereocenters. The summed E-state index contributed by atoms with van der Waals surface area (Å²) in [5.74, 6) is -0.0901. The molecule has 4 nitrogen and oxygen atoms in total. The minimum atomic E-state index is -0.0901. The number of halogens is 1. The first kappa shape index (κ1) is 15.4. The van der Waals surface area contributed by atoms with E-state index in [0.717, 1.165) is 10.2 Å². The van der Waals surface area contributed by atoms with E-state index in [4.69, 9.17) is 5.73 Å². The van der Waals surface area contributed by atoms with Crippen LogP contribution in [0, 0.1) is 0 Å². The lowest BCUT2D eigenvalue weighted by Gasteiger charge is -2.20. The molecule has 0 spiro atoms. The quantitative estimate of drug-likeness (QED) is 0.866. The van der Waals surface area contributed by atoms with E-state index in [9.17, 15) is 4.79 Å². The van der Waals surface area contributed by atoms with Crippen molar-refractivity contribution in [2.24, 2.45) is 0 Å². The molecule has 0 radical (unpaired) electrons. The molecule has 1 amide bonds. The number of hydrogen-bond acceptors (Lipinski definition) is 3. The summed E-state index contributed by atoms with van der Waals surface area (Å²) < 4.78 is 0.888. The van der Waals surface area contributed by atoms with Gasteiger partial charge in [-0.05, 0) is 36.4 Å². The fraction of sp³-hybridized carbons (Fsp3) is 0.188. The summed E-state index contributed by atoms with van der Waals surface area (Å²) >= 11 is 3.36. The molecule has 0 aromatic heterocycles. The lowest BCUT2D eigenvalue weighted by Crippen LogP contribution is -2.27. The van der Waals surface area contributed by atoms with Crippen molar-refractivity contribution < 1.29 is 4.79 Å². The van der Waals surface area contributed by atoms with Gasteiger partial charge in [-0.25, -0.2) is 0 Å². The van der Waals surface area contributed by atoms with E-state index in [1.165, 1.54) is 0 Å². The summed E-state index contributed by atoms with van der Waals surface area (Å²) in [5, 5.41) is 0. The van der Waals surface area contributed by atoms with Crippen molar-refractivity contribution in [2.45, 2.75) is 0 Å². The molecule has 21 heavy (non-hydrogen) atoms. The molecule has 0 aliphatic rings. The Bertz CT molecular complexity index is 670. The Hall–Kier alpha value is -2.01. The van der Waals surface area contributed by atoms with Crippen LogP contribution in [-0.4, -0.2) is 27.1 Å². The number of nitrogen functional groups attached to an aromatic ring is 1. The first-order valence-electron chi connectivity index (χ1n) is 6.50. The molecule has 5 heteroatoms. The number of carbonyl (C=O) groups excluding carboxylic acids is 1. The van der Waals surface area contributed by atoms with Gasteiger partial charge < -0.3 is 15.5 Å². The van der Waals surface area contributed by atoms with Gasteiger partial charge >= 0.3 is 0 Å². The number of nitrogens with two attached hydrogens (primary N) is 1. The van der Waals surface area contributed by atoms with Gasteiger partial charge in [-0.3, -0.25) is 4.79 Å². The molecule has 110 valence electrons. The Kier molecular flexibility index (Phi) is 4.53. The number of amides is 1. The molecule has 2 rings (SSSR count). The van der Waals surface area contributed by atoms with Gasteiger partial charge in [0.05, 0.1) is 11.4 Å². The Morgan fingerprint density at radius 2 is 1.81 bits per heavy atom. The van der Waals surface area contributed by atoms with E-state index in [-0.39, 0.29) is 5.91 Å². The zero-order chi connectivity index (χ0) is 15.6. The van der Waals surface area contributed by atoms with Crippen LogP contribution in [0.2, 0.25) is 0 Å². The van der Waals surface area contributed by atoms with E-state index in [2.05, 4.69) is 15.9 Å². The van der Waals surface area contributed by atoms with Crippen LogP contribution in [0.15, 0.2) is 46.9 Å². The van der Waals surface area contributed by atoms with E-state index in [0.29, 0.717) is 16.9 Å². The van der Waals surface area contributed by atoms with Crippen LogP contribution >= 0.6 is 15.9 Å². The second-order valence-corrected chi connectivity index (χ2v) is 5.93. The first-order chi connectivity index (χ1) is 9.90. The summed E-state index contributed by atoms with van der Waals surface area (Å²) in [4.78, 5) is 16.1. The highest BCUT2D eigenvalue weighted by atomic mass is 79.9. The molecular formula is C16H18BrN3O. The SMILES string of the molecule is CN(C)c1cccc(C(=O)N(C)c2ccc(Br)cc2N)c1. The zero-order valence-electron chi connectivity index (χ0n) is 12.3. The highest BCUT2D eigenvalue weighted by Gasteiger charge is 2.16. The lowest BCUT2D eigenvalue weighted by molar-refractivity contribution is 0.0993. The molecule has 0 aliphatic carbocycles. The van der Waals surface area contributed by atoms with Crippen LogP contribution < -0.4 is 15.5 Å². The average molecular weight is 348 g/mol. The molecular weight excluding hydrogens is 330 g/mol. The van der Waals surface area contributed by atoms with Gasteiger partial charge in [0.15, 0.2) is 0 Å². The molecule has 2 aromatic rings. The van der Waals surface area contributed by atoms with Gasteiger partial charge in [0, 0.05) is 36.9 Å². The molecule has 0 aliphatic heterocycles. The fourth-order valence-corrected chi connectivity index (χ4v) is 2.43. The second-order valence-electron chi connectivity index (χ2n) is 5.01. The molecule has 2 N–H and O–H groups in total. The molecule has 0 fully saturated rings. The predicted molar refractivity (Wildman–Crippen MR) is 92.1 cm³/mol. The van der Waals surface area contributed by atoms with Gasteiger partial charge in [-0.1, -0.05) is 22.0 Å². The number of nitrogens with zero attached hydrogens (tertiary/aromatic N) is 2. The Labute approximate surface area is 133 Å². The van der Waals surface area contributed by atoms with Crippen molar-refractivity contribution in [3.63, 3.8) is 0 Å². The number of anilines is 3. The van der Waals surface area contributed by atoms with Gasteiger partial charge in [0.1, 0.15) is 0 Å². The summed E-state index contributed by atoms with van der Waals surface area (Å²) in [6, 6.07) is 13.0. The third-order valence-electron chi connectivity index (χ3n) is 3.27. The maximum absolute atomic E-state index is 12.6. The Morgan fingerprint density at radius 1 is 1.10 bits per heavy atom. The van der Waals surface area contributed by atoms with Crippen molar-refractivity contribution in [1.29, 1.82) is 0 Å². The van der Waals surface area contributed by atoms with Gasteiger partial charge in [0.2, 0.25) is 0 Å². The first-order valence-corrected chi connectivity index (χ1v) is 7.30. The number of rotatable bonds is 3. The van der Waals surface area contributed by atoms with Gasteiger partial charge in [-0.2, -0.15) is 0 Å². The van der Waals surface area contributed by atoms with Crippen molar-refractivity contribution in [2.75, 3.05) is 36.7 Å². The minimum absolute atomic E-state index is 0.0901. The Balaban J connectivity index is 2.33. The molecule has 0 bridgehead atoms. The van der Waals surface area contributed by atoms with E-state index in [1.807, 2.05) is 49.3 Å². The van der Waals surface area contributed by atoms with Crippen LogP contribution in [0.1, 0.15) is 10.4 Å². The molecule has 0 unspecified atom stereocenters. The summed E-state index contributed by atoms with van der Waals surface area (Å²) in [7, 11) is 5.62. The second kappa shape index (κ2) is 6.18. The smallest absolute Gasteiger partial charge is 0.258 e. The van der Waals surface area contributed by atoms with Crippen LogP contribution in [-0.2, 0) is 0 Å². The molecule has 0 saturated carbocycles. The standard InChI is InChI=1S/C16H18BrN3O/c1-19(2)13-6-4-5-11(9-13)16(21)20(3)15-8-7-12(17)10-14(15)18/h4-10H,18H2,1-3H3. The number of hydrogen-bond donors (Lipinski definition) is 1. The van der Waals surface area contributed by atoms with Crippen LogP contribution in [0.25, 0.3) is 0 Å². The predicted octanol–water partition coefficient (Wildman–Crippen LogP) is 3.37. The largest absolute Gasteiger partial charge is 0.397 e. The van der Waals surface area contributed by atoms with E-state index < -0.39 is 0 Å². The summed E-state index contributed by atoms with van der Waals surface area (Å²) in [5.41, 5.74) is 8.85. The topological polar surface area (TPSA) is 49.6 Å². The van der Waals surface area contributed by atoms with Gasteiger partial charge in [0.25, 0.3) is 5.91 Å². The van der Waals surface area contributed by atoms with Crippen LogP contribution in [0.4, 0.5) is 17.1 Å². The zero-order valence-corrected chi connectivity index (χ0v) is 13.9. The molecule has 0 heterocycles. The minimum Gasteiger partial charge on any atom is -0.397 e. The van der Waals surface area contributed by atoms with Crippen LogP contribution in [0.3, 0.4) is 0 Å². The molecule has 0 saturated heterocycles. The van der Waals surface area contributed by atoms with Crippen molar-refractivity contribution in [3.05, 3.63) is 52.5 Å². The summed E-state index contributed by atoms with van der Waals surface area (Å²) in [6.07, 6.45) is 0. The van der Waals surface area contributed by atoms with Crippen molar-refractivity contribution in [1.82, 2.24) is 0 Å². The van der Waals surface area contributed by atoms with Gasteiger partial charge in [-0.15, -0.1) is 0 Å². The maximum Gasteiger partial charge on any atom is 0.258 e. The van der Waals surface area contributed by atoms with Crippen LogP contribution in [0.5, 0.6) is 0 Å². The maximum atomic E-state index is 12.6. The van der Waals surface area contributed by atoms with E-state index in [1.54, 1.807) is 24.1 Å². The third-order valence-corrected chi connectivity index (χ3v) is 3.76. The summed E-state index contributed by atoms with van der Waals surface area (Å²) in [6.45, 7) is 0. The van der Waals surface area contributed by atoms with Crippen molar-refractivity contribution >= 4 is 38.9 Å². The molecule has 2 aromatic carbocycles. The normalized spacial score (nSPS) is 10.3.